The van der Waals surface area contributed by atoms with Gasteiger partial charge in [0.05, 0.1) is 10.6 Å². The Morgan fingerprint density at radius 1 is 1.42 bits per heavy atom. The van der Waals surface area contributed by atoms with Crippen molar-refractivity contribution in [1.29, 1.82) is 0 Å². The average molecular weight is 288 g/mol. The molecule has 1 aromatic carbocycles. The van der Waals surface area contributed by atoms with E-state index in [0.29, 0.717) is 5.56 Å². The van der Waals surface area contributed by atoms with E-state index in [-0.39, 0.29) is 22.5 Å². The highest BCUT2D eigenvalue weighted by atomic mass is 35.5. The summed E-state index contributed by atoms with van der Waals surface area (Å²) in [6, 6.07) is 5.10. The molecule has 1 unspecified atom stereocenters. The first kappa shape index (κ1) is 16.4. The van der Waals surface area contributed by atoms with Gasteiger partial charge in [0.1, 0.15) is 5.82 Å². The third-order valence-electron chi connectivity index (χ3n) is 3.40. The zero-order valence-electron chi connectivity index (χ0n) is 12.1. The number of rotatable bonds is 7. The number of benzene rings is 1. The summed E-state index contributed by atoms with van der Waals surface area (Å²) in [5, 5.41) is 3.48. The second-order valence-electron chi connectivity index (χ2n) is 5.26. The molecule has 0 fully saturated rings. The van der Waals surface area contributed by atoms with Gasteiger partial charge in [0, 0.05) is 18.7 Å². The van der Waals surface area contributed by atoms with Crippen molar-refractivity contribution in [3.63, 3.8) is 0 Å². The number of hydrogen-bond acceptors (Lipinski definition) is 2. The van der Waals surface area contributed by atoms with Gasteiger partial charge in [-0.25, -0.2) is 4.39 Å². The zero-order chi connectivity index (χ0) is 14.5. The summed E-state index contributed by atoms with van der Waals surface area (Å²) in [5.41, 5.74) is 0.421. The van der Waals surface area contributed by atoms with Gasteiger partial charge >= 0.3 is 0 Å². The van der Waals surface area contributed by atoms with Gasteiger partial charge in [0.25, 0.3) is 0 Å². The topological polar surface area (TPSA) is 21.3 Å². The first-order chi connectivity index (χ1) is 8.91. The Balaban J connectivity index is 2.85. The van der Waals surface area contributed by atoms with Crippen LogP contribution in [0.3, 0.4) is 0 Å². The number of ether oxygens (including phenoxy) is 1. The van der Waals surface area contributed by atoms with E-state index in [2.05, 4.69) is 5.32 Å². The minimum absolute atomic E-state index is 0.0434. The Labute approximate surface area is 120 Å². The van der Waals surface area contributed by atoms with E-state index >= 15 is 0 Å². The van der Waals surface area contributed by atoms with Crippen LogP contribution in [0.1, 0.15) is 45.2 Å². The molecule has 0 radical (unpaired) electrons. The second kappa shape index (κ2) is 7.22. The van der Waals surface area contributed by atoms with Gasteiger partial charge in [-0.15, -0.1) is 0 Å². The quantitative estimate of drug-likeness (QED) is 0.806. The summed E-state index contributed by atoms with van der Waals surface area (Å²) in [7, 11) is 1.70. The molecule has 0 spiro atoms. The minimum Gasteiger partial charge on any atom is -0.379 e. The van der Waals surface area contributed by atoms with Gasteiger partial charge in [0.2, 0.25) is 0 Å². The van der Waals surface area contributed by atoms with E-state index in [1.54, 1.807) is 25.3 Å². The van der Waals surface area contributed by atoms with E-state index < -0.39 is 0 Å². The molecule has 0 aliphatic heterocycles. The Kier molecular flexibility index (Phi) is 6.24. The van der Waals surface area contributed by atoms with Crippen LogP contribution in [0.5, 0.6) is 0 Å². The molecule has 1 atom stereocenters. The van der Waals surface area contributed by atoms with Crippen LogP contribution < -0.4 is 5.32 Å². The molecule has 0 heterocycles. The fraction of sp³-hybridized carbons (Fsp3) is 0.600. The fourth-order valence-electron chi connectivity index (χ4n) is 2.00. The Morgan fingerprint density at radius 2 is 2.11 bits per heavy atom. The van der Waals surface area contributed by atoms with E-state index in [9.17, 15) is 4.39 Å². The summed E-state index contributed by atoms with van der Waals surface area (Å²) in [5.74, 6) is -0.328. The zero-order valence-corrected chi connectivity index (χ0v) is 12.9. The molecule has 1 N–H and O–H groups in total. The highest BCUT2D eigenvalue weighted by molar-refractivity contribution is 6.30. The smallest absolute Gasteiger partial charge is 0.146 e. The van der Waals surface area contributed by atoms with Crippen molar-refractivity contribution >= 4 is 11.6 Å². The third-order valence-corrected chi connectivity index (χ3v) is 3.69. The molecule has 108 valence electrons. The van der Waals surface area contributed by atoms with E-state index in [1.807, 2.05) is 20.8 Å². The van der Waals surface area contributed by atoms with Crippen LogP contribution in [0, 0.1) is 5.82 Å². The Morgan fingerprint density at radius 3 is 2.68 bits per heavy atom. The Hall–Kier alpha value is -0.640. The van der Waals surface area contributed by atoms with Crippen molar-refractivity contribution in [2.24, 2.45) is 0 Å². The summed E-state index contributed by atoms with van der Waals surface area (Å²) in [4.78, 5) is 0. The maximum Gasteiger partial charge on any atom is 0.146 e. The minimum atomic E-state index is -0.328. The molecule has 19 heavy (non-hydrogen) atoms. The monoisotopic (exact) mass is 287 g/mol. The van der Waals surface area contributed by atoms with Crippen molar-refractivity contribution in [3.8, 4) is 0 Å². The largest absolute Gasteiger partial charge is 0.379 e. The Bertz CT molecular complexity index is 409. The van der Waals surface area contributed by atoms with Gasteiger partial charge in [-0.1, -0.05) is 30.7 Å². The molecule has 0 bridgehead atoms. The molecule has 1 rings (SSSR count). The van der Waals surface area contributed by atoms with Crippen LogP contribution in [0.2, 0.25) is 5.02 Å². The molecule has 0 aliphatic rings. The van der Waals surface area contributed by atoms with Gasteiger partial charge in [-0.05, 0) is 39.3 Å². The maximum absolute atomic E-state index is 14.1. The SMILES string of the molecule is CCNC(CCC(C)(C)OC)c1cccc(Cl)c1F. The molecular weight excluding hydrogens is 265 g/mol. The number of methoxy groups -OCH3 is 1. The second-order valence-corrected chi connectivity index (χ2v) is 5.66. The van der Waals surface area contributed by atoms with Crippen molar-refractivity contribution < 1.29 is 9.13 Å². The first-order valence-corrected chi connectivity index (χ1v) is 7.01. The molecule has 0 saturated carbocycles. The summed E-state index contributed by atoms with van der Waals surface area (Å²) < 4.78 is 19.5. The number of nitrogens with one attached hydrogen (secondary N) is 1. The maximum atomic E-state index is 14.1. The molecule has 4 heteroatoms. The number of hydrogen-bond donors (Lipinski definition) is 1. The standard InChI is InChI=1S/C15H23ClFNO/c1-5-18-13(9-10-15(2,3)19-4)11-7-6-8-12(16)14(11)17/h6-8,13,18H,5,9-10H2,1-4H3. The summed E-state index contributed by atoms with van der Waals surface area (Å²) in [6.45, 7) is 6.86. The van der Waals surface area contributed by atoms with Gasteiger partial charge in [0.15, 0.2) is 0 Å². The molecular formula is C15H23ClFNO. The van der Waals surface area contributed by atoms with Crippen LogP contribution in [-0.2, 0) is 4.74 Å². The molecule has 2 nitrogen and oxygen atoms in total. The highest BCUT2D eigenvalue weighted by Gasteiger charge is 2.22. The third kappa shape index (κ3) is 4.75. The molecule has 0 aromatic heterocycles. The molecule has 0 saturated heterocycles. The van der Waals surface area contributed by atoms with Gasteiger partial charge in [-0.2, -0.15) is 0 Å². The first-order valence-electron chi connectivity index (χ1n) is 6.63. The number of halogens is 2. The normalized spacial score (nSPS) is 13.6. The van der Waals surface area contributed by atoms with Crippen LogP contribution in [0.15, 0.2) is 18.2 Å². The van der Waals surface area contributed by atoms with E-state index in [1.165, 1.54) is 0 Å². The molecule has 0 aliphatic carbocycles. The van der Waals surface area contributed by atoms with Crippen LogP contribution in [0.4, 0.5) is 4.39 Å². The summed E-state index contributed by atoms with van der Waals surface area (Å²) in [6.07, 6.45) is 1.64. The molecule has 1 aromatic rings. The van der Waals surface area contributed by atoms with Crippen molar-refractivity contribution in [3.05, 3.63) is 34.6 Å². The van der Waals surface area contributed by atoms with Crippen LogP contribution >= 0.6 is 11.6 Å². The van der Waals surface area contributed by atoms with E-state index in [4.69, 9.17) is 16.3 Å². The van der Waals surface area contributed by atoms with Crippen LogP contribution in [-0.4, -0.2) is 19.3 Å². The lowest BCUT2D eigenvalue weighted by Crippen LogP contribution is -2.28. The lowest BCUT2D eigenvalue weighted by atomic mass is 9.94. The van der Waals surface area contributed by atoms with Crippen molar-refractivity contribution in [2.45, 2.75) is 45.3 Å². The lowest BCUT2D eigenvalue weighted by molar-refractivity contribution is 0.0116. The lowest BCUT2D eigenvalue weighted by Gasteiger charge is -2.27. The predicted octanol–water partition coefficient (Wildman–Crippen LogP) is 4.33. The van der Waals surface area contributed by atoms with Gasteiger partial charge < -0.3 is 10.1 Å². The molecule has 0 amide bonds. The fourth-order valence-corrected chi connectivity index (χ4v) is 2.18. The van der Waals surface area contributed by atoms with E-state index in [0.717, 1.165) is 19.4 Å². The van der Waals surface area contributed by atoms with Crippen LogP contribution in [0.25, 0.3) is 0 Å². The van der Waals surface area contributed by atoms with Gasteiger partial charge in [-0.3, -0.25) is 0 Å². The highest BCUT2D eigenvalue weighted by Crippen LogP contribution is 2.28. The summed E-state index contributed by atoms with van der Waals surface area (Å²) >= 11 is 5.85. The van der Waals surface area contributed by atoms with Crippen molar-refractivity contribution in [1.82, 2.24) is 5.32 Å². The average Bonchev–Trinajstić information content (AvgIpc) is 2.38. The van der Waals surface area contributed by atoms with Crippen molar-refractivity contribution in [2.75, 3.05) is 13.7 Å². The predicted molar refractivity (Wildman–Crippen MR) is 78.1 cm³/mol.